The van der Waals surface area contributed by atoms with Crippen molar-refractivity contribution < 1.29 is 4.79 Å². The van der Waals surface area contributed by atoms with Gasteiger partial charge in [-0.2, -0.15) is 5.26 Å². The van der Waals surface area contributed by atoms with E-state index in [0.29, 0.717) is 29.6 Å². The van der Waals surface area contributed by atoms with Crippen molar-refractivity contribution in [3.63, 3.8) is 0 Å². The zero-order chi connectivity index (χ0) is 17.3. The Labute approximate surface area is 145 Å². The van der Waals surface area contributed by atoms with Crippen LogP contribution in [-0.4, -0.2) is 33.4 Å². The van der Waals surface area contributed by atoms with Crippen LogP contribution < -0.4 is 5.32 Å². The highest BCUT2D eigenvalue weighted by molar-refractivity contribution is 7.14. The number of fused-ring (bicyclic) bond motifs is 1. The largest absolute Gasteiger partial charge is 0.335 e. The number of aromatic nitrogens is 2. The van der Waals surface area contributed by atoms with Crippen molar-refractivity contribution in [2.24, 2.45) is 7.05 Å². The molecule has 0 saturated carbocycles. The second-order valence-corrected chi connectivity index (χ2v) is 7.28. The van der Waals surface area contributed by atoms with E-state index in [1.165, 1.54) is 17.0 Å². The highest BCUT2D eigenvalue weighted by Crippen LogP contribution is 2.24. The molecule has 7 heteroatoms. The molecule has 1 N–H and O–H groups in total. The number of hydrogen-bond acceptors (Lipinski definition) is 5. The third-order valence-corrected chi connectivity index (χ3v) is 5.12. The first-order valence-corrected chi connectivity index (χ1v) is 8.91. The number of hydrogen-bond donors (Lipinski definition) is 1. The minimum Gasteiger partial charge on any atom is -0.335 e. The molecule has 0 aromatic carbocycles. The van der Waals surface area contributed by atoms with Crippen LogP contribution in [0.25, 0.3) is 0 Å². The molecule has 1 amide bonds. The normalized spacial score (nSPS) is 14.5. The van der Waals surface area contributed by atoms with Crippen LogP contribution in [0.1, 0.15) is 42.5 Å². The molecule has 24 heavy (non-hydrogen) atoms. The van der Waals surface area contributed by atoms with Crippen molar-refractivity contribution >= 4 is 22.2 Å². The predicted molar refractivity (Wildman–Crippen MR) is 93.9 cm³/mol. The first-order chi connectivity index (χ1) is 11.5. The van der Waals surface area contributed by atoms with E-state index in [-0.39, 0.29) is 5.91 Å². The summed E-state index contributed by atoms with van der Waals surface area (Å²) in [6.45, 7) is 6.14. The topological polar surface area (TPSA) is 74.0 Å². The Balaban J connectivity index is 1.65. The van der Waals surface area contributed by atoms with Crippen molar-refractivity contribution in [3.05, 3.63) is 34.2 Å². The monoisotopic (exact) mass is 343 g/mol. The summed E-state index contributed by atoms with van der Waals surface area (Å²) in [6, 6.07) is 3.80. The zero-order valence-corrected chi connectivity index (χ0v) is 15.0. The maximum atomic E-state index is 12.3. The Kier molecular flexibility index (Phi) is 4.69. The van der Waals surface area contributed by atoms with Gasteiger partial charge in [0.05, 0.1) is 17.8 Å². The quantitative estimate of drug-likeness (QED) is 0.925. The van der Waals surface area contributed by atoms with E-state index < -0.39 is 0 Å². The van der Waals surface area contributed by atoms with Crippen LogP contribution in [-0.2, 0) is 24.8 Å². The van der Waals surface area contributed by atoms with Crippen LogP contribution in [0.3, 0.4) is 0 Å². The summed E-state index contributed by atoms with van der Waals surface area (Å²) in [4.78, 5) is 19.1. The summed E-state index contributed by atoms with van der Waals surface area (Å²) >= 11 is 1.37. The number of nitrogens with one attached hydrogen (secondary N) is 1. The Morgan fingerprint density at radius 2 is 2.33 bits per heavy atom. The predicted octanol–water partition coefficient (Wildman–Crippen LogP) is 2.47. The summed E-state index contributed by atoms with van der Waals surface area (Å²) in [5.41, 5.74) is 2.87. The third kappa shape index (κ3) is 3.21. The standard InChI is InChI=1S/C17H21N5OS/c1-11(2)16-19-13-9-22(6-4-14(13)21(16)3)10-15(23)20-17-12(8-18)5-7-24-17/h5,7,11H,4,6,9-10H2,1-3H3,(H,20,23). The van der Waals surface area contributed by atoms with Gasteiger partial charge in [0, 0.05) is 38.2 Å². The SMILES string of the molecule is CC(C)c1nc2c(n1C)CCN(CC(=O)Nc1sccc1C#N)C2. The number of imidazole rings is 1. The van der Waals surface area contributed by atoms with E-state index >= 15 is 0 Å². The lowest BCUT2D eigenvalue weighted by Gasteiger charge is -2.25. The van der Waals surface area contributed by atoms with Crippen LogP contribution in [0.2, 0.25) is 0 Å². The van der Waals surface area contributed by atoms with Gasteiger partial charge >= 0.3 is 0 Å². The molecule has 6 nitrogen and oxygen atoms in total. The van der Waals surface area contributed by atoms with Gasteiger partial charge in [0.25, 0.3) is 0 Å². The number of anilines is 1. The van der Waals surface area contributed by atoms with E-state index in [2.05, 4.69) is 41.7 Å². The lowest BCUT2D eigenvalue weighted by Crippen LogP contribution is -2.37. The first-order valence-electron chi connectivity index (χ1n) is 8.03. The van der Waals surface area contributed by atoms with Gasteiger partial charge in [-0.25, -0.2) is 4.98 Å². The van der Waals surface area contributed by atoms with Crippen LogP contribution >= 0.6 is 11.3 Å². The average molecular weight is 343 g/mol. The smallest absolute Gasteiger partial charge is 0.239 e. The van der Waals surface area contributed by atoms with Crippen molar-refractivity contribution in [2.45, 2.75) is 32.7 Å². The fraction of sp³-hybridized carbons (Fsp3) is 0.471. The minimum atomic E-state index is -0.0857. The third-order valence-electron chi connectivity index (χ3n) is 4.29. The van der Waals surface area contributed by atoms with Gasteiger partial charge in [-0.05, 0) is 11.4 Å². The number of nitrogens with zero attached hydrogens (tertiary/aromatic N) is 4. The lowest BCUT2D eigenvalue weighted by atomic mass is 10.1. The Morgan fingerprint density at radius 3 is 3.04 bits per heavy atom. The molecule has 3 heterocycles. The van der Waals surface area contributed by atoms with Gasteiger partial charge < -0.3 is 9.88 Å². The summed E-state index contributed by atoms with van der Waals surface area (Å²) in [6.07, 6.45) is 0.904. The van der Waals surface area contributed by atoms with E-state index in [1.807, 2.05) is 5.38 Å². The zero-order valence-electron chi connectivity index (χ0n) is 14.2. The molecule has 1 aliphatic rings. The van der Waals surface area contributed by atoms with Gasteiger partial charge in [-0.15, -0.1) is 11.3 Å². The molecule has 2 aromatic heterocycles. The fourth-order valence-electron chi connectivity index (χ4n) is 3.12. The molecule has 2 aromatic rings. The van der Waals surface area contributed by atoms with Crippen LogP contribution in [0, 0.1) is 11.3 Å². The van der Waals surface area contributed by atoms with Crippen LogP contribution in [0.15, 0.2) is 11.4 Å². The van der Waals surface area contributed by atoms with Crippen molar-refractivity contribution in [1.82, 2.24) is 14.5 Å². The number of nitriles is 1. The molecule has 0 saturated heterocycles. The Hall–Kier alpha value is -2.17. The molecule has 0 atom stereocenters. The van der Waals surface area contributed by atoms with E-state index in [9.17, 15) is 4.79 Å². The molecular weight excluding hydrogens is 322 g/mol. The Morgan fingerprint density at radius 1 is 1.54 bits per heavy atom. The maximum Gasteiger partial charge on any atom is 0.239 e. The highest BCUT2D eigenvalue weighted by atomic mass is 32.1. The molecule has 0 unspecified atom stereocenters. The number of rotatable bonds is 4. The van der Waals surface area contributed by atoms with Gasteiger partial charge in [-0.3, -0.25) is 9.69 Å². The molecule has 3 rings (SSSR count). The minimum absolute atomic E-state index is 0.0857. The van der Waals surface area contributed by atoms with E-state index in [4.69, 9.17) is 10.2 Å². The second kappa shape index (κ2) is 6.75. The molecule has 0 bridgehead atoms. The summed E-state index contributed by atoms with van der Waals surface area (Å²) in [7, 11) is 2.07. The highest BCUT2D eigenvalue weighted by Gasteiger charge is 2.24. The lowest BCUT2D eigenvalue weighted by molar-refractivity contribution is -0.117. The summed E-state index contributed by atoms with van der Waals surface area (Å²) < 4.78 is 2.20. The number of carbonyl (C=O) groups is 1. The van der Waals surface area contributed by atoms with E-state index in [1.54, 1.807) is 6.07 Å². The van der Waals surface area contributed by atoms with Gasteiger partial charge in [-0.1, -0.05) is 13.8 Å². The molecule has 1 aliphatic heterocycles. The fourth-order valence-corrected chi connectivity index (χ4v) is 3.87. The molecular formula is C17H21N5OS. The van der Waals surface area contributed by atoms with E-state index in [0.717, 1.165) is 24.5 Å². The van der Waals surface area contributed by atoms with Gasteiger partial charge in [0.15, 0.2) is 0 Å². The average Bonchev–Trinajstić information content (AvgIpc) is 3.11. The molecule has 0 fully saturated rings. The van der Waals surface area contributed by atoms with Gasteiger partial charge in [0.2, 0.25) is 5.91 Å². The Bertz CT molecular complexity index is 798. The summed E-state index contributed by atoms with van der Waals surface area (Å²) in [5.74, 6) is 1.40. The first kappa shape index (κ1) is 16.7. The van der Waals surface area contributed by atoms with Crippen molar-refractivity contribution in [3.8, 4) is 6.07 Å². The van der Waals surface area contributed by atoms with Crippen molar-refractivity contribution in [2.75, 3.05) is 18.4 Å². The van der Waals surface area contributed by atoms with Gasteiger partial charge in [0.1, 0.15) is 16.9 Å². The summed E-state index contributed by atoms with van der Waals surface area (Å²) in [5, 5.41) is 14.3. The molecule has 0 aliphatic carbocycles. The number of carbonyl (C=O) groups excluding carboxylic acids is 1. The second-order valence-electron chi connectivity index (χ2n) is 6.36. The molecule has 126 valence electrons. The van der Waals surface area contributed by atoms with Crippen LogP contribution in [0.4, 0.5) is 5.00 Å². The van der Waals surface area contributed by atoms with Crippen molar-refractivity contribution in [1.29, 1.82) is 5.26 Å². The molecule has 0 spiro atoms. The maximum absolute atomic E-state index is 12.3. The van der Waals surface area contributed by atoms with Crippen LogP contribution in [0.5, 0.6) is 0 Å². The molecule has 0 radical (unpaired) electrons. The number of amides is 1. The number of thiophene rings is 1.